The Kier molecular flexibility index (Phi) is 2.41. The first-order chi connectivity index (χ1) is 7.34. The van der Waals surface area contributed by atoms with E-state index in [1.54, 1.807) is 11.8 Å². The number of alkyl halides is 2. The minimum Gasteiger partial charge on any atom is -0.339 e. The number of carbonyl (C=O) groups is 1. The van der Waals surface area contributed by atoms with Crippen LogP contribution in [-0.2, 0) is 4.79 Å². The van der Waals surface area contributed by atoms with Crippen LogP contribution in [0, 0.1) is 22.7 Å². The standard InChI is InChI=1S/C11H14F2N2O/c1-10(5-14)6-15(7-10)9(16)2-8-3-11(12,13)4-8/h8H,2-4,6-7H2,1H3. The molecule has 5 heteroatoms. The highest BCUT2D eigenvalue weighted by Crippen LogP contribution is 2.44. The molecular formula is C11H14F2N2O. The SMILES string of the molecule is CC1(C#N)CN(C(=O)CC2CC(F)(F)C2)C1. The van der Waals surface area contributed by atoms with Gasteiger partial charge >= 0.3 is 0 Å². The highest BCUT2D eigenvalue weighted by Gasteiger charge is 2.48. The molecule has 1 amide bonds. The van der Waals surface area contributed by atoms with Gasteiger partial charge < -0.3 is 4.90 Å². The lowest BCUT2D eigenvalue weighted by Crippen LogP contribution is -2.57. The summed E-state index contributed by atoms with van der Waals surface area (Å²) < 4.78 is 25.1. The monoisotopic (exact) mass is 228 g/mol. The second-order valence-electron chi connectivity index (χ2n) is 5.26. The fourth-order valence-electron chi connectivity index (χ4n) is 2.35. The summed E-state index contributed by atoms with van der Waals surface area (Å²) in [6.07, 6.45) is -0.124. The molecule has 0 aromatic rings. The van der Waals surface area contributed by atoms with Crippen LogP contribution in [0.3, 0.4) is 0 Å². The van der Waals surface area contributed by atoms with E-state index >= 15 is 0 Å². The van der Waals surface area contributed by atoms with Crippen LogP contribution in [0.2, 0.25) is 0 Å². The third-order valence-corrected chi connectivity index (χ3v) is 3.34. The Labute approximate surface area is 93.0 Å². The van der Waals surface area contributed by atoms with Crippen molar-refractivity contribution in [1.29, 1.82) is 5.26 Å². The molecule has 2 fully saturated rings. The predicted molar refractivity (Wildman–Crippen MR) is 52.6 cm³/mol. The Morgan fingerprint density at radius 1 is 1.50 bits per heavy atom. The largest absolute Gasteiger partial charge is 0.339 e. The summed E-state index contributed by atoms with van der Waals surface area (Å²) >= 11 is 0. The van der Waals surface area contributed by atoms with Crippen molar-refractivity contribution >= 4 is 5.91 Å². The first kappa shape index (κ1) is 11.3. The minimum atomic E-state index is -2.55. The molecule has 1 aliphatic carbocycles. The molecule has 0 N–H and O–H groups in total. The van der Waals surface area contributed by atoms with Crippen molar-refractivity contribution in [1.82, 2.24) is 4.90 Å². The number of carbonyl (C=O) groups excluding carboxylic acids is 1. The molecule has 1 aliphatic heterocycles. The van der Waals surface area contributed by atoms with Crippen LogP contribution in [0.25, 0.3) is 0 Å². The van der Waals surface area contributed by atoms with Crippen molar-refractivity contribution in [2.24, 2.45) is 11.3 Å². The van der Waals surface area contributed by atoms with Gasteiger partial charge in [-0.2, -0.15) is 5.26 Å². The molecule has 88 valence electrons. The van der Waals surface area contributed by atoms with E-state index in [0.29, 0.717) is 13.1 Å². The highest BCUT2D eigenvalue weighted by atomic mass is 19.3. The Morgan fingerprint density at radius 3 is 2.50 bits per heavy atom. The van der Waals surface area contributed by atoms with Crippen LogP contribution >= 0.6 is 0 Å². The molecular weight excluding hydrogens is 214 g/mol. The van der Waals surface area contributed by atoms with E-state index in [0.717, 1.165) is 0 Å². The molecule has 1 saturated carbocycles. The van der Waals surface area contributed by atoms with Gasteiger partial charge in [0.15, 0.2) is 0 Å². The second kappa shape index (κ2) is 3.41. The van der Waals surface area contributed by atoms with Gasteiger partial charge in [-0.1, -0.05) is 0 Å². The lowest BCUT2D eigenvalue weighted by molar-refractivity contribution is -0.149. The molecule has 0 aromatic carbocycles. The number of hydrogen-bond donors (Lipinski definition) is 0. The molecule has 0 bridgehead atoms. The summed E-state index contributed by atoms with van der Waals surface area (Å²) in [7, 11) is 0. The van der Waals surface area contributed by atoms with Crippen molar-refractivity contribution in [3.05, 3.63) is 0 Å². The van der Waals surface area contributed by atoms with Crippen LogP contribution in [0.4, 0.5) is 8.78 Å². The first-order valence-electron chi connectivity index (χ1n) is 5.40. The van der Waals surface area contributed by atoms with Gasteiger partial charge in [-0.3, -0.25) is 4.79 Å². The van der Waals surface area contributed by atoms with Crippen molar-refractivity contribution in [2.75, 3.05) is 13.1 Å². The van der Waals surface area contributed by atoms with Crippen molar-refractivity contribution in [3.8, 4) is 6.07 Å². The van der Waals surface area contributed by atoms with Crippen LogP contribution in [0.15, 0.2) is 0 Å². The molecule has 0 radical (unpaired) electrons. The maximum atomic E-state index is 12.5. The van der Waals surface area contributed by atoms with Crippen molar-refractivity contribution < 1.29 is 13.6 Å². The smallest absolute Gasteiger partial charge is 0.248 e. The van der Waals surface area contributed by atoms with Gasteiger partial charge in [0.25, 0.3) is 0 Å². The molecule has 2 rings (SSSR count). The third kappa shape index (κ3) is 2.01. The molecule has 1 heterocycles. The van der Waals surface area contributed by atoms with E-state index in [1.807, 2.05) is 0 Å². The molecule has 1 saturated heterocycles. The van der Waals surface area contributed by atoms with E-state index < -0.39 is 11.3 Å². The molecule has 0 atom stereocenters. The van der Waals surface area contributed by atoms with Gasteiger partial charge in [-0.25, -0.2) is 8.78 Å². The molecule has 0 aromatic heterocycles. The Morgan fingerprint density at radius 2 is 2.06 bits per heavy atom. The van der Waals surface area contributed by atoms with Gasteiger partial charge in [0, 0.05) is 32.4 Å². The van der Waals surface area contributed by atoms with Crippen LogP contribution < -0.4 is 0 Å². The average molecular weight is 228 g/mol. The number of rotatable bonds is 2. The summed E-state index contributed by atoms with van der Waals surface area (Å²) in [6.45, 7) is 2.67. The number of hydrogen-bond acceptors (Lipinski definition) is 2. The summed E-state index contributed by atoms with van der Waals surface area (Å²) in [6, 6.07) is 2.14. The van der Waals surface area contributed by atoms with Crippen LogP contribution in [0.5, 0.6) is 0 Å². The topological polar surface area (TPSA) is 44.1 Å². The van der Waals surface area contributed by atoms with Gasteiger partial charge in [-0.05, 0) is 12.8 Å². The first-order valence-corrected chi connectivity index (χ1v) is 5.40. The zero-order chi connectivity index (χ0) is 12.0. The highest BCUT2D eigenvalue weighted by molar-refractivity contribution is 5.77. The minimum absolute atomic E-state index is 0.0896. The zero-order valence-corrected chi connectivity index (χ0v) is 9.17. The van der Waals surface area contributed by atoms with Crippen LogP contribution in [0.1, 0.15) is 26.2 Å². The summed E-state index contributed by atoms with van der Waals surface area (Å²) in [4.78, 5) is 13.2. The summed E-state index contributed by atoms with van der Waals surface area (Å²) in [5.74, 6) is -2.81. The molecule has 3 nitrogen and oxygen atoms in total. The lowest BCUT2D eigenvalue weighted by atomic mass is 9.77. The Balaban J connectivity index is 1.74. The molecule has 16 heavy (non-hydrogen) atoms. The van der Waals surface area contributed by atoms with Crippen molar-refractivity contribution in [3.63, 3.8) is 0 Å². The van der Waals surface area contributed by atoms with Gasteiger partial charge in [0.2, 0.25) is 11.8 Å². The van der Waals surface area contributed by atoms with E-state index in [1.165, 1.54) is 0 Å². The number of nitrogens with zero attached hydrogens (tertiary/aromatic N) is 2. The maximum Gasteiger partial charge on any atom is 0.248 e. The molecule has 2 aliphatic rings. The second-order valence-corrected chi connectivity index (χ2v) is 5.26. The Hall–Kier alpha value is -1.18. The average Bonchev–Trinajstić information content (AvgIpc) is 2.09. The quantitative estimate of drug-likeness (QED) is 0.723. The molecule has 0 unspecified atom stereocenters. The fourth-order valence-corrected chi connectivity index (χ4v) is 2.35. The Bertz CT molecular complexity index is 347. The van der Waals surface area contributed by atoms with E-state index in [2.05, 4.69) is 6.07 Å². The van der Waals surface area contributed by atoms with E-state index in [9.17, 15) is 13.6 Å². The lowest BCUT2D eigenvalue weighted by Gasteiger charge is -2.44. The fraction of sp³-hybridized carbons (Fsp3) is 0.818. The maximum absolute atomic E-state index is 12.5. The number of amides is 1. The normalized spacial score (nSPS) is 26.5. The number of nitriles is 1. The number of halogens is 2. The number of likely N-dealkylation sites (tertiary alicyclic amines) is 1. The molecule has 0 spiro atoms. The zero-order valence-electron chi connectivity index (χ0n) is 9.17. The summed E-state index contributed by atoms with van der Waals surface area (Å²) in [5.41, 5.74) is -0.431. The van der Waals surface area contributed by atoms with Gasteiger partial charge in [0.1, 0.15) is 0 Å². The summed E-state index contributed by atoms with van der Waals surface area (Å²) in [5, 5.41) is 8.77. The van der Waals surface area contributed by atoms with Crippen molar-refractivity contribution in [2.45, 2.75) is 32.1 Å². The van der Waals surface area contributed by atoms with Crippen LogP contribution in [-0.4, -0.2) is 29.8 Å². The van der Waals surface area contributed by atoms with E-state index in [-0.39, 0.29) is 31.1 Å². The third-order valence-electron chi connectivity index (χ3n) is 3.34. The van der Waals surface area contributed by atoms with Gasteiger partial charge in [-0.15, -0.1) is 0 Å². The predicted octanol–water partition coefficient (Wildman–Crippen LogP) is 1.79. The van der Waals surface area contributed by atoms with Gasteiger partial charge in [0.05, 0.1) is 11.5 Å². The van der Waals surface area contributed by atoms with E-state index in [4.69, 9.17) is 5.26 Å².